The summed E-state index contributed by atoms with van der Waals surface area (Å²) in [6.07, 6.45) is 4.24. The minimum Gasteiger partial charge on any atom is -0.748 e. The number of hydrogen-bond donors (Lipinski definition) is 0. The summed E-state index contributed by atoms with van der Waals surface area (Å²) in [5.41, 5.74) is 2.57. The number of nitrogens with zero attached hydrogens (tertiary/aromatic N) is 2. The first-order chi connectivity index (χ1) is 18.3. The fraction of sp³-hybridized carbons (Fsp3) is 0.320. The second-order valence-electron chi connectivity index (χ2n) is 8.86. The van der Waals surface area contributed by atoms with Crippen LogP contribution in [0.25, 0.3) is 17.2 Å². The number of oxazole rings is 1. The number of anilines is 1. The van der Waals surface area contributed by atoms with Crippen LogP contribution in [0.1, 0.15) is 32.1 Å². The van der Waals surface area contributed by atoms with E-state index in [0.29, 0.717) is 50.8 Å². The molecule has 0 fully saturated rings. The van der Waals surface area contributed by atoms with Crippen molar-refractivity contribution in [1.29, 1.82) is 0 Å². The van der Waals surface area contributed by atoms with E-state index in [-0.39, 0.29) is 55.5 Å². The predicted octanol–water partition coefficient (Wildman–Crippen LogP) is 1.44. The number of aromatic nitrogens is 1. The molecular formula is C25H25Cl2N2NaO8S2. The zero-order valence-electron chi connectivity index (χ0n) is 21.8. The molecule has 2 heterocycles. The van der Waals surface area contributed by atoms with Crippen LogP contribution in [0.2, 0.25) is 10.0 Å². The molecule has 1 aromatic heterocycles. The zero-order chi connectivity index (χ0) is 28.4. The number of benzene rings is 2. The van der Waals surface area contributed by atoms with Crippen LogP contribution in [0.4, 0.5) is 5.69 Å². The summed E-state index contributed by atoms with van der Waals surface area (Å²) in [5.74, 6) is 0.296. The first-order valence-corrected chi connectivity index (χ1v) is 15.9. The molecule has 2 aromatic carbocycles. The maximum Gasteiger partial charge on any atom is 1.00 e. The molecule has 0 saturated heterocycles. The molecule has 0 bridgehead atoms. The standard InChI is InChI=1S/C25H26Cl2N2O8S2.Na/c1-2-17(13-24-28(9-3-11-38(30,31)32)20-15-18(26)5-7-22(20)36-24)14-25-29(10-4-12-39(33,34)35)21-16-19(27)6-8-23(21)37-25;/h5-8,13-16H,2-4,9-12H2,1H3,(H-,30,31,32,33,34,35);/q;+1/p-1. The average Bonchev–Trinajstić information content (AvgIpc) is 3.34. The van der Waals surface area contributed by atoms with Crippen molar-refractivity contribution in [3.8, 4) is 5.75 Å². The maximum absolute atomic E-state index is 11.1. The van der Waals surface area contributed by atoms with E-state index in [1.807, 2.05) is 6.92 Å². The van der Waals surface area contributed by atoms with E-state index >= 15 is 0 Å². The van der Waals surface area contributed by atoms with Crippen LogP contribution in [-0.4, -0.2) is 44.0 Å². The summed E-state index contributed by atoms with van der Waals surface area (Å²) < 4.78 is 80.7. The molecule has 0 atom stereocenters. The Morgan fingerprint density at radius 2 is 1.65 bits per heavy atom. The molecule has 0 saturated carbocycles. The van der Waals surface area contributed by atoms with Gasteiger partial charge in [0.05, 0.1) is 32.0 Å². The van der Waals surface area contributed by atoms with Gasteiger partial charge in [-0.1, -0.05) is 30.1 Å². The normalized spacial score (nSPS) is 14.9. The van der Waals surface area contributed by atoms with Gasteiger partial charge < -0.3 is 23.2 Å². The van der Waals surface area contributed by atoms with Gasteiger partial charge in [-0.25, -0.2) is 16.8 Å². The summed E-state index contributed by atoms with van der Waals surface area (Å²) in [5, 5.41) is 0.932. The topological polar surface area (TPSA) is 144 Å². The monoisotopic (exact) mass is 638 g/mol. The van der Waals surface area contributed by atoms with E-state index in [1.54, 1.807) is 58.0 Å². The van der Waals surface area contributed by atoms with Crippen molar-refractivity contribution in [2.75, 3.05) is 23.0 Å². The molecule has 0 spiro atoms. The molecule has 1 aliphatic rings. The van der Waals surface area contributed by atoms with Crippen molar-refractivity contribution in [1.82, 2.24) is 0 Å². The van der Waals surface area contributed by atoms with Crippen LogP contribution in [0.5, 0.6) is 5.75 Å². The van der Waals surface area contributed by atoms with E-state index in [9.17, 15) is 25.9 Å². The van der Waals surface area contributed by atoms with Crippen LogP contribution < -0.4 is 43.8 Å². The quantitative estimate of drug-likeness (QED) is 0.173. The van der Waals surface area contributed by atoms with Crippen molar-refractivity contribution in [2.24, 2.45) is 0 Å². The van der Waals surface area contributed by atoms with Gasteiger partial charge in [-0.2, -0.15) is 4.57 Å². The fourth-order valence-electron chi connectivity index (χ4n) is 4.19. The Morgan fingerprint density at radius 3 is 2.33 bits per heavy atom. The summed E-state index contributed by atoms with van der Waals surface area (Å²) in [7, 11) is -8.76. The molecule has 0 amide bonds. The number of hydrogen-bond acceptors (Lipinski definition) is 9. The Bertz CT molecular complexity index is 1670. The Hall–Kier alpha value is -1.61. The van der Waals surface area contributed by atoms with Gasteiger partial charge in [0.15, 0.2) is 12.3 Å². The minimum absolute atomic E-state index is 0. The van der Waals surface area contributed by atoms with Gasteiger partial charge in [-0.15, -0.1) is 0 Å². The number of aryl methyl sites for hydroxylation is 1. The molecule has 10 nitrogen and oxygen atoms in total. The maximum atomic E-state index is 11.1. The molecule has 0 aliphatic carbocycles. The Balaban J connectivity index is 0.00000441. The van der Waals surface area contributed by atoms with Crippen molar-refractivity contribution >= 4 is 66.3 Å². The van der Waals surface area contributed by atoms with E-state index in [2.05, 4.69) is 0 Å². The van der Waals surface area contributed by atoms with Gasteiger partial charge in [0.2, 0.25) is 11.5 Å². The number of allylic oxidation sites excluding steroid dienone is 2. The first-order valence-electron chi connectivity index (χ1n) is 12.0. The van der Waals surface area contributed by atoms with Crippen LogP contribution >= 0.6 is 23.2 Å². The molecule has 15 heteroatoms. The van der Waals surface area contributed by atoms with Gasteiger partial charge in [0.25, 0.3) is 5.52 Å². The summed E-state index contributed by atoms with van der Waals surface area (Å²) in [4.78, 5) is 1.75. The first kappa shape index (κ1) is 32.9. The second kappa shape index (κ2) is 13.6. The zero-order valence-corrected chi connectivity index (χ0v) is 26.9. The second-order valence-corrected chi connectivity index (χ2v) is 12.8. The minimum atomic E-state index is -4.38. The number of rotatable bonds is 11. The van der Waals surface area contributed by atoms with Crippen LogP contribution in [0.15, 0.2) is 58.3 Å². The Morgan fingerprint density at radius 1 is 1.00 bits per heavy atom. The van der Waals surface area contributed by atoms with Gasteiger partial charge >= 0.3 is 35.4 Å². The molecule has 4 rings (SSSR count). The van der Waals surface area contributed by atoms with E-state index in [1.165, 1.54) is 0 Å². The average molecular weight is 640 g/mol. The molecule has 1 aliphatic heterocycles. The smallest absolute Gasteiger partial charge is 0.748 e. The summed E-state index contributed by atoms with van der Waals surface area (Å²) in [6, 6.07) is 10.1. The fourth-order valence-corrected chi connectivity index (χ4v) is 5.48. The summed E-state index contributed by atoms with van der Waals surface area (Å²) in [6.45, 7) is 2.32. The van der Waals surface area contributed by atoms with Crippen molar-refractivity contribution in [2.45, 2.75) is 32.7 Å². The van der Waals surface area contributed by atoms with Crippen molar-refractivity contribution < 1.29 is 69.2 Å². The van der Waals surface area contributed by atoms with E-state index in [0.717, 1.165) is 5.57 Å². The number of fused-ring (bicyclic) bond motifs is 2. The van der Waals surface area contributed by atoms with Gasteiger partial charge in [-0.3, -0.25) is 0 Å². The molecular weight excluding hydrogens is 614 g/mol. The van der Waals surface area contributed by atoms with Gasteiger partial charge in [0.1, 0.15) is 0 Å². The van der Waals surface area contributed by atoms with Crippen molar-refractivity contribution in [3.05, 3.63) is 69.9 Å². The van der Waals surface area contributed by atoms with Gasteiger partial charge in [-0.05, 0) is 48.7 Å². The van der Waals surface area contributed by atoms with Crippen LogP contribution in [-0.2, 0) is 26.8 Å². The van der Waals surface area contributed by atoms with E-state index < -0.39 is 31.7 Å². The third-order valence-corrected chi connectivity index (χ3v) is 8.01. The largest absolute Gasteiger partial charge is 1.00 e. The van der Waals surface area contributed by atoms with E-state index in [4.69, 9.17) is 32.4 Å². The predicted molar refractivity (Wildman–Crippen MR) is 146 cm³/mol. The molecule has 0 unspecified atom stereocenters. The van der Waals surface area contributed by atoms with Crippen LogP contribution in [0.3, 0.4) is 0 Å². The SMILES string of the molecule is CCC(=Cc1oc2ccc(Cl)cc2[n+]1CCCS(=O)(=O)[O-])C=C1Oc2ccc(Cl)cc2N1CCCS(=O)(=O)[O-].[Na+]. The number of halogens is 2. The van der Waals surface area contributed by atoms with Crippen molar-refractivity contribution in [3.63, 3.8) is 0 Å². The Kier molecular flexibility index (Phi) is 11.2. The summed E-state index contributed by atoms with van der Waals surface area (Å²) >= 11 is 12.4. The molecule has 210 valence electrons. The molecule has 0 N–H and O–H groups in total. The third-order valence-electron chi connectivity index (χ3n) is 5.96. The number of ether oxygens (including phenoxy) is 1. The molecule has 40 heavy (non-hydrogen) atoms. The molecule has 3 aromatic rings. The Labute approximate surface area is 265 Å². The molecule has 0 radical (unpaired) electrons. The van der Waals surface area contributed by atoms with Gasteiger partial charge in [0, 0.05) is 46.7 Å². The third kappa shape index (κ3) is 8.70. The van der Waals surface area contributed by atoms with Crippen LogP contribution in [0, 0.1) is 0 Å².